The summed E-state index contributed by atoms with van der Waals surface area (Å²) in [5.41, 5.74) is 5.26. The van der Waals surface area contributed by atoms with Gasteiger partial charge in [-0.05, 0) is 6.92 Å². The van der Waals surface area contributed by atoms with Crippen molar-refractivity contribution < 1.29 is 9.32 Å². The zero-order valence-corrected chi connectivity index (χ0v) is 5.91. The molecule has 0 aliphatic rings. The van der Waals surface area contributed by atoms with E-state index in [4.69, 9.17) is 5.73 Å². The van der Waals surface area contributed by atoms with Crippen molar-refractivity contribution in [1.29, 1.82) is 0 Å². The van der Waals surface area contributed by atoms with Crippen molar-refractivity contribution in [3.05, 3.63) is 0 Å². The van der Waals surface area contributed by atoms with E-state index >= 15 is 0 Å². The van der Waals surface area contributed by atoms with Gasteiger partial charge in [-0.1, -0.05) is 0 Å². The Morgan fingerprint density at radius 3 is 2.62 bits per heavy atom. The molecule has 0 saturated carbocycles. The average Bonchev–Trinajstić information content (AvgIpc) is 1.65. The summed E-state index contributed by atoms with van der Waals surface area (Å²) < 4.78 is 4.26. The average molecular weight is 135 g/mol. The van der Waals surface area contributed by atoms with E-state index in [1.54, 1.807) is 6.92 Å². The Kier molecular flexibility index (Phi) is 3.75. The van der Waals surface area contributed by atoms with E-state index in [-0.39, 0.29) is 18.4 Å². The molecule has 1 unspecified atom stereocenters. The number of hydrogen-bond donors (Lipinski definition) is 1. The first-order valence-corrected chi connectivity index (χ1v) is 2.79. The summed E-state index contributed by atoms with van der Waals surface area (Å²) in [6.07, 6.45) is 0.281. The third kappa shape index (κ3) is 4.03. The number of nitrogens with two attached hydrogens (primary N) is 1. The molecule has 48 valence electrons. The van der Waals surface area contributed by atoms with Gasteiger partial charge in [0.2, 0.25) is 0 Å². The summed E-state index contributed by atoms with van der Waals surface area (Å²) in [6, 6.07) is -0.108. The van der Waals surface area contributed by atoms with Gasteiger partial charge in [-0.2, -0.15) is 0 Å². The predicted octanol–water partition coefficient (Wildman–Crippen LogP) is 0.0570. The Labute approximate surface area is 50.9 Å². The molecular formula is C4H10NO2P. The molecule has 0 aliphatic heterocycles. The molecule has 0 aromatic heterocycles. The van der Waals surface area contributed by atoms with E-state index in [0.717, 1.165) is 0 Å². The second kappa shape index (κ2) is 3.81. The molecule has 0 aliphatic carbocycles. The summed E-state index contributed by atoms with van der Waals surface area (Å²) in [7, 11) is 1.88. The van der Waals surface area contributed by atoms with E-state index < -0.39 is 0 Å². The predicted molar refractivity (Wildman–Crippen MR) is 34.1 cm³/mol. The highest BCUT2D eigenvalue weighted by Gasteiger charge is 2.02. The van der Waals surface area contributed by atoms with Crippen LogP contribution in [-0.2, 0) is 9.32 Å². The number of hydrogen-bond acceptors (Lipinski definition) is 3. The quantitative estimate of drug-likeness (QED) is 0.544. The maximum Gasteiger partial charge on any atom is 0.309 e. The zero-order chi connectivity index (χ0) is 6.57. The first-order chi connectivity index (χ1) is 3.66. The van der Waals surface area contributed by atoms with E-state index in [2.05, 4.69) is 4.52 Å². The van der Waals surface area contributed by atoms with Crippen molar-refractivity contribution >= 4 is 15.4 Å². The highest BCUT2D eigenvalue weighted by atomic mass is 31.0. The number of carbonyl (C=O) groups excluding carboxylic acids is 1. The maximum absolute atomic E-state index is 10.3. The molecule has 3 nitrogen and oxygen atoms in total. The molecule has 0 aromatic carbocycles. The molecule has 0 fully saturated rings. The van der Waals surface area contributed by atoms with Crippen LogP contribution in [-0.4, -0.2) is 12.0 Å². The van der Waals surface area contributed by atoms with Gasteiger partial charge < -0.3 is 10.3 Å². The molecular weight excluding hydrogens is 125 g/mol. The molecule has 0 aromatic rings. The smallest absolute Gasteiger partial charge is 0.309 e. The zero-order valence-electron chi connectivity index (χ0n) is 4.76. The van der Waals surface area contributed by atoms with Gasteiger partial charge in [0.05, 0.1) is 15.9 Å². The fourth-order valence-corrected chi connectivity index (χ4v) is 0.407. The Morgan fingerprint density at radius 1 is 2.00 bits per heavy atom. The summed E-state index contributed by atoms with van der Waals surface area (Å²) in [5, 5.41) is 0. The molecule has 0 saturated heterocycles. The van der Waals surface area contributed by atoms with Gasteiger partial charge in [-0.25, -0.2) is 0 Å². The fraction of sp³-hybridized carbons (Fsp3) is 0.750. The Bertz CT molecular complexity index is 84.1. The lowest BCUT2D eigenvalue weighted by molar-refractivity contribution is -0.133. The molecule has 0 heterocycles. The number of rotatable bonds is 2. The fourth-order valence-electron chi connectivity index (χ4n) is 0.311. The number of carbonyl (C=O) groups is 1. The molecule has 0 radical (unpaired) electrons. The van der Waals surface area contributed by atoms with E-state index in [1.807, 2.05) is 9.47 Å². The summed E-state index contributed by atoms with van der Waals surface area (Å²) >= 11 is 0. The lowest BCUT2D eigenvalue weighted by atomic mass is 10.3. The van der Waals surface area contributed by atoms with Crippen LogP contribution in [0.3, 0.4) is 0 Å². The van der Waals surface area contributed by atoms with Crippen LogP contribution in [0.4, 0.5) is 0 Å². The van der Waals surface area contributed by atoms with Gasteiger partial charge in [0.1, 0.15) is 0 Å². The van der Waals surface area contributed by atoms with Crippen LogP contribution in [0.25, 0.3) is 0 Å². The maximum atomic E-state index is 10.3. The van der Waals surface area contributed by atoms with E-state index in [9.17, 15) is 4.79 Å². The minimum Gasteiger partial charge on any atom is -0.451 e. The van der Waals surface area contributed by atoms with Gasteiger partial charge in [0.25, 0.3) is 0 Å². The molecule has 0 rings (SSSR count). The Balaban J connectivity index is 3.25. The molecule has 0 spiro atoms. The van der Waals surface area contributed by atoms with Crippen molar-refractivity contribution in [2.45, 2.75) is 19.4 Å². The van der Waals surface area contributed by atoms with E-state index in [1.165, 1.54) is 0 Å². The van der Waals surface area contributed by atoms with Gasteiger partial charge in [0, 0.05) is 6.04 Å². The van der Waals surface area contributed by atoms with Gasteiger partial charge >= 0.3 is 5.97 Å². The van der Waals surface area contributed by atoms with Crippen LogP contribution in [0.2, 0.25) is 0 Å². The van der Waals surface area contributed by atoms with Crippen LogP contribution in [0.1, 0.15) is 13.3 Å². The second-order valence-electron chi connectivity index (χ2n) is 1.67. The highest BCUT2D eigenvalue weighted by Crippen LogP contribution is 1.93. The van der Waals surface area contributed by atoms with Crippen molar-refractivity contribution in [3.8, 4) is 0 Å². The first kappa shape index (κ1) is 7.86. The monoisotopic (exact) mass is 135 g/mol. The van der Waals surface area contributed by atoms with Crippen molar-refractivity contribution in [1.82, 2.24) is 0 Å². The summed E-state index contributed by atoms with van der Waals surface area (Å²) in [6.45, 7) is 1.75. The van der Waals surface area contributed by atoms with Crippen molar-refractivity contribution in [3.63, 3.8) is 0 Å². The van der Waals surface area contributed by atoms with Crippen molar-refractivity contribution in [2.75, 3.05) is 0 Å². The Hall–Kier alpha value is -0.140. The van der Waals surface area contributed by atoms with E-state index in [0.29, 0.717) is 0 Å². The SMILES string of the molecule is C[C@H](N)CC(=O)OP. The summed E-state index contributed by atoms with van der Waals surface area (Å²) in [5.74, 6) is -0.287. The molecule has 2 N–H and O–H groups in total. The molecule has 4 heteroatoms. The third-order valence-electron chi connectivity index (χ3n) is 0.620. The van der Waals surface area contributed by atoms with Crippen LogP contribution in [0, 0.1) is 0 Å². The van der Waals surface area contributed by atoms with Gasteiger partial charge in [-0.15, -0.1) is 0 Å². The molecule has 0 amide bonds. The Morgan fingerprint density at radius 2 is 2.50 bits per heavy atom. The molecule has 0 bridgehead atoms. The third-order valence-corrected chi connectivity index (χ3v) is 0.883. The van der Waals surface area contributed by atoms with Gasteiger partial charge in [0.15, 0.2) is 0 Å². The topological polar surface area (TPSA) is 52.3 Å². The summed E-state index contributed by atoms with van der Waals surface area (Å²) in [4.78, 5) is 10.3. The lowest BCUT2D eigenvalue weighted by Gasteiger charge is -1.99. The highest BCUT2D eigenvalue weighted by molar-refractivity contribution is 7.10. The van der Waals surface area contributed by atoms with Crippen molar-refractivity contribution in [2.24, 2.45) is 5.73 Å². The second-order valence-corrected chi connectivity index (χ2v) is 1.91. The van der Waals surface area contributed by atoms with Crippen LogP contribution in [0.15, 0.2) is 0 Å². The molecule has 2 atom stereocenters. The minimum atomic E-state index is -0.287. The van der Waals surface area contributed by atoms with Crippen LogP contribution >= 0.6 is 9.47 Å². The van der Waals surface area contributed by atoms with Crippen LogP contribution in [0.5, 0.6) is 0 Å². The van der Waals surface area contributed by atoms with Gasteiger partial charge in [-0.3, -0.25) is 4.79 Å². The minimum absolute atomic E-state index is 0.108. The standard InChI is InChI=1S/C4H10NO2P/c1-3(5)2-4(6)7-8/h3H,2,5,8H2,1H3/t3-/m0/s1. The molecule has 8 heavy (non-hydrogen) atoms. The first-order valence-electron chi connectivity index (χ1n) is 2.32. The largest absolute Gasteiger partial charge is 0.451 e. The lowest BCUT2D eigenvalue weighted by Crippen LogP contribution is -2.19. The normalized spacial score (nSPS) is 12.9. The van der Waals surface area contributed by atoms with Crippen LogP contribution < -0.4 is 5.73 Å².